The van der Waals surface area contributed by atoms with Crippen LogP contribution in [0.15, 0.2) is 42.5 Å². The van der Waals surface area contributed by atoms with Crippen LogP contribution in [0, 0.1) is 11.3 Å². The second-order valence-corrected chi connectivity index (χ2v) is 11.1. The van der Waals surface area contributed by atoms with Crippen molar-refractivity contribution in [3.05, 3.63) is 63.6 Å². The molecular formula is C27H33Cl2NO3. The van der Waals surface area contributed by atoms with Gasteiger partial charge in [0.05, 0.1) is 11.0 Å². The summed E-state index contributed by atoms with van der Waals surface area (Å²) in [5.74, 6) is 1.28. The first-order chi connectivity index (χ1) is 15.6. The van der Waals surface area contributed by atoms with Gasteiger partial charge in [-0.15, -0.1) is 0 Å². The lowest BCUT2D eigenvalue weighted by Crippen LogP contribution is -2.43. The molecule has 2 aromatic carbocycles. The zero-order valence-electron chi connectivity index (χ0n) is 19.7. The molecule has 2 fully saturated rings. The molecule has 178 valence electrons. The van der Waals surface area contributed by atoms with E-state index in [1.165, 1.54) is 5.56 Å². The van der Waals surface area contributed by atoms with Crippen molar-refractivity contribution in [3.8, 4) is 5.75 Å². The molecule has 2 aliphatic rings. The molecule has 5 atom stereocenters. The van der Waals surface area contributed by atoms with E-state index in [1.807, 2.05) is 30.3 Å². The van der Waals surface area contributed by atoms with Crippen molar-refractivity contribution in [2.45, 2.75) is 70.4 Å². The highest BCUT2D eigenvalue weighted by molar-refractivity contribution is 6.31. The van der Waals surface area contributed by atoms with Crippen LogP contribution in [0.2, 0.25) is 10.0 Å². The third kappa shape index (κ3) is 4.62. The quantitative estimate of drug-likeness (QED) is 0.497. The van der Waals surface area contributed by atoms with Crippen molar-refractivity contribution in [1.29, 1.82) is 0 Å². The van der Waals surface area contributed by atoms with Crippen LogP contribution in [0.25, 0.3) is 0 Å². The van der Waals surface area contributed by atoms with Gasteiger partial charge in [0.1, 0.15) is 12.4 Å². The van der Waals surface area contributed by atoms with Gasteiger partial charge in [0, 0.05) is 22.0 Å². The van der Waals surface area contributed by atoms with Gasteiger partial charge in [-0.1, -0.05) is 48.3 Å². The second-order valence-electron chi connectivity index (χ2n) is 10.3. The van der Waals surface area contributed by atoms with Gasteiger partial charge in [-0.25, -0.2) is 0 Å². The number of rotatable bonds is 6. The minimum Gasteiger partial charge on any atom is -0.491 e. The molecule has 2 aromatic rings. The van der Waals surface area contributed by atoms with Crippen molar-refractivity contribution in [3.63, 3.8) is 0 Å². The van der Waals surface area contributed by atoms with Crippen LogP contribution in [0.5, 0.6) is 5.75 Å². The number of amides is 1. The Balaban J connectivity index is 1.74. The molecule has 33 heavy (non-hydrogen) atoms. The van der Waals surface area contributed by atoms with E-state index in [9.17, 15) is 9.90 Å². The fourth-order valence-electron chi connectivity index (χ4n) is 6.05. The first-order valence-corrected chi connectivity index (χ1v) is 12.5. The van der Waals surface area contributed by atoms with Crippen LogP contribution in [0.1, 0.15) is 69.9 Å². The summed E-state index contributed by atoms with van der Waals surface area (Å²) in [4.78, 5) is 13.1. The van der Waals surface area contributed by atoms with E-state index in [0.717, 1.165) is 24.8 Å². The maximum Gasteiger partial charge on any atom is 0.226 e. The molecule has 1 saturated heterocycles. The first kappa shape index (κ1) is 24.4. The Morgan fingerprint density at radius 2 is 1.88 bits per heavy atom. The number of benzene rings is 2. The molecule has 0 spiro atoms. The average Bonchev–Trinajstić information content (AvgIpc) is 3.02. The van der Waals surface area contributed by atoms with E-state index >= 15 is 0 Å². The van der Waals surface area contributed by atoms with Crippen molar-refractivity contribution in [2.75, 3.05) is 6.61 Å². The summed E-state index contributed by atoms with van der Waals surface area (Å²) < 4.78 is 5.75. The number of hydrogen-bond donors (Lipinski definition) is 2. The summed E-state index contributed by atoms with van der Waals surface area (Å²) in [6, 6.07) is 13.9. The number of carbonyl (C=O) groups is 1. The fourth-order valence-corrected chi connectivity index (χ4v) is 6.49. The van der Waals surface area contributed by atoms with E-state index < -0.39 is 5.60 Å². The summed E-state index contributed by atoms with van der Waals surface area (Å²) in [5, 5.41) is 14.6. The lowest BCUT2D eigenvalue weighted by atomic mass is 9.54. The Bertz CT molecular complexity index is 1020. The van der Waals surface area contributed by atoms with Gasteiger partial charge in [0.15, 0.2) is 0 Å². The molecule has 4 rings (SSSR count). The van der Waals surface area contributed by atoms with Crippen molar-refractivity contribution in [1.82, 2.24) is 5.32 Å². The SMILES string of the molecule is CC[C@@]12CC[C@@H](c3ccc(OCC(C)(C)O)cc3Cl)[C@H](c3ccc(Cl)cc3)[C@@H]1[C@@H](C)NC2=O. The van der Waals surface area contributed by atoms with Crippen molar-refractivity contribution < 1.29 is 14.6 Å². The number of carbonyl (C=O) groups excluding carboxylic acids is 1. The normalized spacial score (nSPS) is 29.5. The molecule has 4 nitrogen and oxygen atoms in total. The van der Waals surface area contributed by atoms with Crippen molar-refractivity contribution >= 4 is 29.1 Å². The molecule has 2 N–H and O–H groups in total. The van der Waals surface area contributed by atoms with Gasteiger partial charge in [-0.05, 0) is 87.3 Å². The van der Waals surface area contributed by atoms with E-state index in [0.29, 0.717) is 15.8 Å². The third-order valence-electron chi connectivity index (χ3n) is 7.56. The number of nitrogens with one attached hydrogen (secondary N) is 1. The molecule has 6 heteroatoms. The molecule has 0 bridgehead atoms. The standard InChI is InChI=1S/C27H33Cl2NO3/c1-5-27-13-12-21(20-11-10-19(14-22(20)29)33-15-26(3,4)32)23(17-6-8-18(28)9-7-17)24(27)16(2)30-25(27)31/h6-11,14,16,21,23-24,32H,5,12-13,15H2,1-4H3,(H,30,31)/t16-,21+,23+,24+,27-/m1/s1. The van der Waals surface area contributed by atoms with E-state index in [4.69, 9.17) is 27.9 Å². The molecule has 1 heterocycles. The summed E-state index contributed by atoms with van der Waals surface area (Å²) in [6.45, 7) is 7.86. The lowest BCUT2D eigenvalue weighted by molar-refractivity contribution is -0.131. The largest absolute Gasteiger partial charge is 0.491 e. The van der Waals surface area contributed by atoms with Gasteiger partial charge >= 0.3 is 0 Å². The molecule has 0 aromatic heterocycles. The Hall–Kier alpha value is -1.75. The van der Waals surface area contributed by atoms with Crippen LogP contribution < -0.4 is 10.1 Å². The number of ether oxygens (including phenoxy) is 1. The fraction of sp³-hybridized carbons (Fsp3) is 0.519. The zero-order valence-corrected chi connectivity index (χ0v) is 21.2. The predicted octanol–water partition coefficient (Wildman–Crippen LogP) is 6.34. The second kappa shape index (κ2) is 9.13. The maximum atomic E-state index is 13.1. The molecule has 0 radical (unpaired) electrons. The highest BCUT2D eigenvalue weighted by atomic mass is 35.5. The first-order valence-electron chi connectivity index (χ1n) is 11.8. The monoisotopic (exact) mass is 489 g/mol. The smallest absolute Gasteiger partial charge is 0.226 e. The van der Waals surface area contributed by atoms with Gasteiger partial charge in [0.2, 0.25) is 5.91 Å². The van der Waals surface area contributed by atoms with E-state index in [2.05, 4.69) is 31.3 Å². The topological polar surface area (TPSA) is 58.6 Å². The Morgan fingerprint density at radius 1 is 1.18 bits per heavy atom. The zero-order chi connectivity index (χ0) is 24.0. The molecule has 1 aliphatic heterocycles. The molecular weight excluding hydrogens is 457 g/mol. The number of fused-ring (bicyclic) bond motifs is 1. The van der Waals surface area contributed by atoms with Gasteiger partial charge in [-0.2, -0.15) is 0 Å². The average molecular weight is 490 g/mol. The number of aliphatic hydroxyl groups is 1. The van der Waals surface area contributed by atoms with Crippen molar-refractivity contribution in [2.24, 2.45) is 11.3 Å². The highest BCUT2D eigenvalue weighted by Gasteiger charge is 2.59. The van der Waals surface area contributed by atoms with Crippen LogP contribution in [-0.2, 0) is 4.79 Å². The Labute approximate surface area is 206 Å². The maximum absolute atomic E-state index is 13.1. The minimum atomic E-state index is -0.921. The summed E-state index contributed by atoms with van der Waals surface area (Å²) in [5.41, 5.74) is 0.982. The van der Waals surface area contributed by atoms with Crippen LogP contribution in [0.4, 0.5) is 0 Å². The van der Waals surface area contributed by atoms with Gasteiger partial charge in [0.25, 0.3) is 0 Å². The van der Waals surface area contributed by atoms with Gasteiger partial charge in [-0.3, -0.25) is 4.79 Å². The summed E-state index contributed by atoms with van der Waals surface area (Å²) >= 11 is 13.0. The highest BCUT2D eigenvalue weighted by Crippen LogP contribution is 2.60. The van der Waals surface area contributed by atoms with E-state index in [-0.39, 0.29) is 41.7 Å². The molecule has 0 unspecified atom stereocenters. The number of hydrogen-bond acceptors (Lipinski definition) is 3. The minimum absolute atomic E-state index is 0.0779. The Morgan fingerprint density at radius 3 is 2.48 bits per heavy atom. The molecule has 1 aliphatic carbocycles. The van der Waals surface area contributed by atoms with Gasteiger partial charge < -0.3 is 15.2 Å². The predicted molar refractivity (Wildman–Crippen MR) is 133 cm³/mol. The molecule has 1 saturated carbocycles. The van der Waals surface area contributed by atoms with E-state index in [1.54, 1.807) is 13.8 Å². The van der Waals surface area contributed by atoms with Crippen LogP contribution >= 0.6 is 23.2 Å². The lowest BCUT2D eigenvalue weighted by Gasteiger charge is -2.47. The third-order valence-corrected chi connectivity index (χ3v) is 8.14. The molecule has 1 amide bonds. The van der Waals surface area contributed by atoms with Crippen LogP contribution in [0.3, 0.4) is 0 Å². The summed E-state index contributed by atoms with van der Waals surface area (Å²) in [7, 11) is 0. The number of halogens is 2. The Kier molecular flexibility index (Phi) is 6.74. The van der Waals surface area contributed by atoms with Crippen LogP contribution in [-0.4, -0.2) is 29.3 Å². The summed E-state index contributed by atoms with van der Waals surface area (Å²) in [6.07, 6.45) is 2.54.